The summed E-state index contributed by atoms with van der Waals surface area (Å²) in [6, 6.07) is 0. The fraction of sp³-hybridized carbons (Fsp3) is 0.733. The molecule has 2 aromatic rings. The molecule has 0 aliphatic carbocycles. The first-order valence-corrected chi connectivity index (χ1v) is 9.16. The summed E-state index contributed by atoms with van der Waals surface area (Å²) in [5.74, 6) is 4.11. The average molecular weight is 336 g/mol. The summed E-state index contributed by atoms with van der Waals surface area (Å²) in [4.78, 5) is 4.43. The predicted molar refractivity (Wildman–Crippen MR) is 88.2 cm³/mol. The van der Waals surface area contributed by atoms with Gasteiger partial charge in [-0.3, -0.25) is 0 Å². The zero-order valence-electron chi connectivity index (χ0n) is 13.9. The lowest BCUT2D eigenvalue weighted by Gasteiger charge is -2.21. The largest absolute Gasteiger partial charge is 0.339 e. The van der Waals surface area contributed by atoms with Crippen molar-refractivity contribution in [2.24, 2.45) is 13.0 Å². The van der Waals surface area contributed by atoms with Gasteiger partial charge in [0.2, 0.25) is 5.89 Å². The number of aromatic nitrogens is 5. The maximum absolute atomic E-state index is 5.27. The van der Waals surface area contributed by atoms with E-state index in [0.29, 0.717) is 23.5 Å². The Balaban J connectivity index is 1.60. The Labute approximate surface area is 140 Å². The number of hydrogen-bond donors (Lipinski definition) is 1. The molecule has 0 unspecified atom stereocenters. The standard InChI is InChI=1S/C15H24N6OS/c1-10(2)7-13-17-12(20-22-13)9-23-15-19-18-14(21(15)3)11-5-4-6-16-8-11/h10-11,16H,4-9H2,1-3H3/t11-/m1/s1. The minimum Gasteiger partial charge on any atom is -0.339 e. The van der Waals surface area contributed by atoms with E-state index in [1.54, 1.807) is 11.8 Å². The minimum atomic E-state index is 0.457. The Morgan fingerprint density at radius 3 is 3.00 bits per heavy atom. The Hall–Kier alpha value is -1.41. The highest BCUT2D eigenvalue weighted by molar-refractivity contribution is 7.98. The fourth-order valence-corrected chi connectivity index (χ4v) is 3.55. The van der Waals surface area contributed by atoms with Crippen LogP contribution in [0.1, 0.15) is 50.1 Å². The third-order valence-electron chi connectivity index (χ3n) is 3.95. The molecule has 0 saturated carbocycles. The number of nitrogens with one attached hydrogen (secondary N) is 1. The molecule has 7 nitrogen and oxygen atoms in total. The van der Waals surface area contributed by atoms with Gasteiger partial charge < -0.3 is 14.4 Å². The van der Waals surface area contributed by atoms with Gasteiger partial charge in [0.25, 0.3) is 0 Å². The van der Waals surface area contributed by atoms with Crippen molar-refractivity contribution in [2.45, 2.75) is 49.9 Å². The van der Waals surface area contributed by atoms with Gasteiger partial charge >= 0.3 is 0 Å². The smallest absolute Gasteiger partial charge is 0.226 e. The first-order valence-electron chi connectivity index (χ1n) is 8.17. The maximum atomic E-state index is 5.27. The molecule has 1 aliphatic rings. The summed E-state index contributed by atoms with van der Waals surface area (Å²) in [5.41, 5.74) is 0. The predicted octanol–water partition coefficient (Wildman–Crippen LogP) is 2.16. The van der Waals surface area contributed by atoms with Crippen molar-refractivity contribution in [3.8, 4) is 0 Å². The van der Waals surface area contributed by atoms with Gasteiger partial charge in [-0.1, -0.05) is 30.8 Å². The Morgan fingerprint density at radius 1 is 1.39 bits per heavy atom. The van der Waals surface area contributed by atoms with Gasteiger partial charge in [0, 0.05) is 25.9 Å². The Bertz CT molecular complexity index is 632. The summed E-state index contributed by atoms with van der Waals surface area (Å²) in [7, 11) is 2.03. The second-order valence-electron chi connectivity index (χ2n) is 6.43. The first-order chi connectivity index (χ1) is 11.1. The van der Waals surface area contributed by atoms with Gasteiger partial charge in [-0.05, 0) is 25.3 Å². The zero-order chi connectivity index (χ0) is 16.2. The van der Waals surface area contributed by atoms with Crippen molar-refractivity contribution < 1.29 is 4.52 Å². The van der Waals surface area contributed by atoms with Gasteiger partial charge in [-0.2, -0.15) is 4.98 Å². The van der Waals surface area contributed by atoms with Crippen molar-refractivity contribution in [3.05, 3.63) is 17.5 Å². The van der Waals surface area contributed by atoms with Crippen LogP contribution in [-0.2, 0) is 19.2 Å². The van der Waals surface area contributed by atoms with Gasteiger partial charge in [-0.25, -0.2) is 0 Å². The summed E-state index contributed by atoms with van der Waals surface area (Å²) < 4.78 is 7.36. The molecule has 2 aromatic heterocycles. The van der Waals surface area contributed by atoms with Crippen molar-refractivity contribution in [1.82, 2.24) is 30.2 Å². The van der Waals surface area contributed by atoms with E-state index in [-0.39, 0.29) is 0 Å². The van der Waals surface area contributed by atoms with Crippen molar-refractivity contribution in [3.63, 3.8) is 0 Å². The highest BCUT2D eigenvalue weighted by Gasteiger charge is 2.22. The van der Waals surface area contributed by atoms with E-state index in [0.717, 1.165) is 36.3 Å². The van der Waals surface area contributed by atoms with Crippen molar-refractivity contribution in [1.29, 1.82) is 0 Å². The van der Waals surface area contributed by atoms with Crippen LogP contribution in [0.4, 0.5) is 0 Å². The van der Waals surface area contributed by atoms with E-state index < -0.39 is 0 Å². The molecular weight excluding hydrogens is 312 g/mol. The summed E-state index contributed by atoms with van der Waals surface area (Å²) in [6.07, 6.45) is 3.19. The van der Waals surface area contributed by atoms with Crippen molar-refractivity contribution >= 4 is 11.8 Å². The SMILES string of the molecule is CC(C)Cc1nc(CSc2nnc([C@@H]3CCCNC3)n2C)no1. The zero-order valence-corrected chi connectivity index (χ0v) is 14.8. The van der Waals surface area contributed by atoms with E-state index in [1.165, 1.54) is 12.8 Å². The molecule has 3 rings (SSSR count). The molecule has 8 heteroatoms. The minimum absolute atomic E-state index is 0.457. The van der Waals surface area contributed by atoms with Crippen LogP contribution in [0.25, 0.3) is 0 Å². The number of thioether (sulfide) groups is 1. The summed E-state index contributed by atoms with van der Waals surface area (Å²) in [6.45, 7) is 6.37. The van der Waals surface area contributed by atoms with Gasteiger partial charge in [-0.15, -0.1) is 10.2 Å². The second kappa shape index (κ2) is 7.44. The highest BCUT2D eigenvalue weighted by Crippen LogP contribution is 2.26. The van der Waals surface area contributed by atoms with Crippen LogP contribution in [0, 0.1) is 5.92 Å². The second-order valence-corrected chi connectivity index (χ2v) is 7.38. The third-order valence-corrected chi connectivity index (χ3v) is 4.97. The monoisotopic (exact) mass is 336 g/mol. The molecular formula is C15H24N6OS. The van der Waals surface area contributed by atoms with E-state index in [4.69, 9.17) is 4.52 Å². The molecule has 1 aliphatic heterocycles. The lowest BCUT2D eigenvalue weighted by atomic mass is 9.99. The van der Waals surface area contributed by atoms with Crippen LogP contribution in [-0.4, -0.2) is 38.0 Å². The molecule has 0 radical (unpaired) electrons. The van der Waals surface area contributed by atoms with E-state index in [2.05, 4.69) is 44.1 Å². The summed E-state index contributed by atoms with van der Waals surface area (Å²) in [5, 5.41) is 17.1. The van der Waals surface area contributed by atoms with Gasteiger partial charge in [0.05, 0.1) is 5.75 Å². The topological polar surface area (TPSA) is 81.7 Å². The highest BCUT2D eigenvalue weighted by atomic mass is 32.2. The van der Waals surface area contributed by atoms with Crippen LogP contribution in [0.15, 0.2) is 9.68 Å². The fourth-order valence-electron chi connectivity index (χ4n) is 2.79. The van der Waals surface area contributed by atoms with E-state index >= 15 is 0 Å². The van der Waals surface area contributed by atoms with Gasteiger partial charge in [0.15, 0.2) is 11.0 Å². The third kappa shape index (κ3) is 4.11. The number of nitrogens with zero attached hydrogens (tertiary/aromatic N) is 5. The molecule has 1 fully saturated rings. The molecule has 0 spiro atoms. The molecule has 1 atom stereocenters. The lowest BCUT2D eigenvalue weighted by molar-refractivity contribution is 0.360. The molecule has 126 valence electrons. The first kappa shape index (κ1) is 16.4. The average Bonchev–Trinajstić information content (AvgIpc) is 3.12. The van der Waals surface area contributed by atoms with Crippen LogP contribution >= 0.6 is 11.8 Å². The van der Waals surface area contributed by atoms with E-state index in [1.807, 2.05) is 7.05 Å². The molecule has 0 bridgehead atoms. The Kier molecular flexibility index (Phi) is 5.32. The maximum Gasteiger partial charge on any atom is 0.226 e. The van der Waals surface area contributed by atoms with Crippen LogP contribution in [0.5, 0.6) is 0 Å². The summed E-state index contributed by atoms with van der Waals surface area (Å²) >= 11 is 1.60. The van der Waals surface area contributed by atoms with E-state index in [9.17, 15) is 0 Å². The number of hydrogen-bond acceptors (Lipinski definition) is 7. The van der Waals surface area contributed by atoms with Gasteiger partial charge in [0.1, 0.15) is 5.82 Å². The quantitative estimate of drug-likeness (QED) is 0.809. The molecule has 1 saturated heterocycles. The van der Waals surface area contributed by atoms with Crippen LogP contribution < -0.4 is 5.32 Å². The normalized spacial score (nSPS) is 18.7. The van der Waals surface area contributed by atoms with Crippen molar-refractivity contribution in [2.75, 3.05) is 13.1 Å². The molecule has 23 heavy (non-hydrogen) atoms. The molecule has 1 N–H and O–H groups in total. The van der Waals surface area contributed by atoms with Crippen LogP contribution in [0.3, 0.4) is 0 Å². The number of piperidine rings is 1. The molecule has 0 amide bonds. The lowest BCUT2D eigenvalue weighted by Crippen LogP contribution is -2.29. The van der Waals surface area contributed by atoms with Crippen LogP contribution in [0.2, 0.25) is 0 Å². The molecule has 3 heterocycles. The molecule has 0 aromatic carbocycles. The Morgan fingerprint density at radius 2 is 2.26 bits per heavy atom. The number of rotatable bonds is 6.